The number of benzene rings is 2. The number of carbonyl (C=O) groups is 2. The molecule has 2 aromatic rings. The van der Waals surface area contributed by atoms with E-state index in [9.17, 15) is 9.59 Å². The fourth-order valence-electron chi connectivity index (χ4n) is 3.81. The van der Waals surface area contributed by atoms with Crippen LogP contribution in [0.5, 0.6) is 11.5 Å². The summed E-state index contributed by atoms with van der Waals surface area (Å²) in [6.45, 7) is 7.73. The maximum absolute atomic E-state index is 12.6. The van der Waals surface area contributed by atoms with Crippen molar-refractivity contribution in [2.45, 2.75) is 19.8 Å². The molecule has 0 bridgehead atoms. The van der Waals surface area contributed by atoms with Crippen LogP contribution in [-0.2, 0) is 36.6 Å². The average molecular weight is 514 g/mol. The highest BCUT2D eigenvalue weighted by molar-refractivity contribution is 5.97. The molecule has 2 aromatic carbocycles. The number of allylic oxidation sites excluding steroid dienone is 2. The van der Waals surface area contributed by atoms with Crippen molar-refractivity contribution < 1.29 is 38.0 Å². The van der Waals surface area contributed by atoms with Gasteiger partial charge >= 0.3 is 12.1 Å². The molecule has 1 amide bonds. The predicted octanol–water partition coefficient (Wildman–Crippen LogP) is 3.76. The largest absolute Gasteiger partial charge is 0.490 e. The van der Waals surface area contributed by atoms with Gasteiger partial charge in [0, 0.05) is 41.1 Å². The molecule has 0 radical (unpaired) electrons. The van der Waals surface area contributed by atoms with E-state index in [-0.39, 0.29) is 19.8 Å². The van der Waals surface area contributed by atoms with Crippen molar-refractivity contribution in [1.29, 1.82) is 0 Å². The molecule has 0 aromatic heterocycles. The molecule has 0 spiro atoms. The number of methoxy groups -OCH3 is 1. The molecule has 0 saturated heterocycles. The molecule has 1 aliphatic carbocycles. The molecule has 0 unspecified atom stereocenters. The second-order valence-electron chi connectivity index (χ2n) is 8.34. The maximum atomic E-state index is 12.6. The highest BCUT2D eigenvalue weighted by Crippen LogP contribution is 2.43. The first-order valence-electron chi connectivity index (χ1n) is 12.3. The number of fused-ring (bicyclic) bond motifs is 2. The lowest BCUT2D eigenvalue weighted by Crippen LogP contribution is -2.31. The van der Waals surface area contributed by atoms with Crippen LogP contribution in [0.3, 0.4) is 0 Å². The third-order valence-electron chi connectivity index (χ3n) is 5.57. The van der Waals surface area contributed by atoms with Crippen LogP contribution in [0.25, 0.3) is 10.8 Å². The van der Waals surface area contributed by atoms with Gasteiger partial charge in [-0.05, 0) is 19.8 Å². The minimum Gasteiger partial charge on any atom is -0.490 e. The van der Waals surface area contributed by atoms with Crippen LogP contribution < -0.4 is 14.8 Å². The third-order valence-corrected chi connectivity index (χ3v) is 5.57. The van der Waals surface area contributed by atoms with E-state index in [0.717, 1.165) is 27.6 Å². The lowest BCUT2D eigenvalue weighted by atomic mass is 9.90. The van der Waals surface area contributed by atoms with E-state index < -0.39 is 12.1 Å². The number of nitrogens with one attached hydrogen (secondary N) is 1. The van der Waals surface area contributed by atoms with Gasteiger partial charge in [0.1, 0.15) is 24.7 Å². The Labute approximate surface area is 217 Å². The Bertz CT molecular complexity index is 1110. The summed E-state index contributed by atoms with van der Waals surface area (Å²) < 4.78 is 32.8. The van der Waals surface area contributed by atoms with Gasteiger partial charge in [0.15, 0.2) is 0 Å². The second-order valence-corrected chi connectivity index (χ2v) is 8.34. The van der Waals surface area contributed by atoms with Crippen LogP contribution in [0.15, 0.2) is 48.6 Å². The zero-order chi connectivity index (χ0) is 26.5. The number of carbonyl (C=O) groups excluding carboxylic acids is 2. The summed E-state index contributed by atoms with van der Waals surface area (Å²) in [5, 5.41) is 4.45. The molecule has 200 valence electrons. The SMILES string of the molecule is C=C(C)C(=O)OCCOCCOCCNC(=O)Oc1c2c(c(OCCOC)c3ccccc13)CC=CC2. The van der Waals surface area contributed by atoms with Gasteiger partial charge in [-0.2, -0.15) is 0 Å². The van der Waals surface area contributed by atoms with Crippen molar-refractivity contribution in [3.05, 3.63) is 59.7 Å². The highest BCUT2D eigenvalue weighted by Gasteiger charge is 2.23. The van der Waals surface area contributed by atoms with E-state index in [1.165, 1.54) is 0 Å². The van der Waals surface area contributed by atoms with Crippen LogP contribution in [0.4, 0.5) is 4.79 Å². The van der Waals surface area contributed by atoms with E-state index >= 15 is 0 Å². The molecule has 0 fully saturated rings. The first-order chi connectivity index (χ1) is 18.0. The third kappa shape index (κ3) is 8.31. The lowest BCUT2D eigenvalue weighted by molar-refractivity contribution is -0.140. The number of amides is 1. The van der Waals surface area contributed by atoms with Crippen LogP contribution >= 0.6 is 0 Å². The monoisotopic (exact) mass is 513 g/mol. The summed E-state index contributed by atoms with van der Waals surface area (Å²) in [5.74, 6) is 0.923. The first kappa shape index (κ1) is 28.2. The summed E-state index contributed by atoms with van der Waals surface area (Å²) in [6.07, 6.45) is 4.97. The van der Waals surface area contributed by atoms with Crippen molar-refractivity contribution in [2.24, 2.45) is 0 Å². The molecule has 0 heterocycles. The quantitative estimate of drug-likeness (QED) is 0.166. The van der Waals surface area contributed by atoms with Crippen molar-refractivity contribution in [2.75, 3.05) is 59.9 Å². The number of hydrogen-bond acceptors (Lipinski definition) is 8. The van der Waals surface area contributed by atoms with Crippen LogP contribution in [0.1, 0.15) is 18.1 Å². The van der Waals surface area contributed by atoms with Gasteiger partial charge in [-0.3, -0.25) is 0 Å². The van der Waals surface area contributed by atoms with Gasteiger partial charge in [0.25, 0.3) is 0 Å². The molecule has 1 aliphatic rings. The number of ether oxygens (including phenoxy) is 6. The molecule has 1 N–H and O–H groups in total. The Balaban J connectivity index is 1.49. The molecule has 0 atom stereocenters. The minimum atomic E-state index is -0.547. The number of rotatable bonds is 15. The number of esters is 1. The van der Waals surface area contributed by atoms with Crippen molar-refractivity contribution >= 4 is 22.8 Å². The summed E-state index contributed by atoms with van der Waals surface area (Å²) in [6, 6.07) is 7.76. The van der Waals surface area contributed by atoms with Gasteiger partial charge in [-0.1, -0.05) is 43.0 Å². The first-order valence-corrected chi connectivity index (χ1v) is 12.3. The average Bonchev–Trinajstić information content (AvgIpc) is 2.91. The molecule has 37 heavy (non-hydrogen) atoms. The van der Waals surface area contributed by atoms with Gasteiger partial charge in [-0.15, -0.1) is 0 Å². The topological polar surface area (TPSA) is 102 Å². The fourth-order valence-corrected chi connectivity index (χ4v) is 3.81. The lowest BCUT2D eigenvalue weighted by Gasteiger charge is -2.23. The molecular weight excluding hydrogens is 478 g/mol. The fraction of sp³-hybridized carbons (Fsp3) is 0.429. The summed E-state index contributed by atoms with van der Waals surface area (Å²) in [5.41, 5.74) is 2.33. The van der Waals surface area contributed by atoms with Gasteiger partial charge in [0.05, 0.1) is 33.0 Å². The Kier molecular flexibility index (Phi) is 11.4. The van der Waals surface area contributed by atoms with Crippen molar-refractivity contribution in [3.8, 4) is 11.5 Å². The molecule has 0 aliphatic heterocycles. The Hall–Kier alpha value is -3.40. The van der Waals surface area contributed by atoms with E-state index in [1.807, 2.05) is 24.3 Å². The Morgan fingerprint density at radius 2 is 1.49 bits per heavy atom. The van der Waals surface area contributed by atoms with Gasteiger partial charge < -0.3 is 33.7 Å². The zero-order valence-electron chi connectivity index (χ0n) is 21.5. The smallest absolute Gasteiger partial charge is 0.412 e. The molecule has 0 saturated carbocycles. The summed E-state index contributed by atoms with van der Waals surface area (Å²) in [4.78, 5) is 23.9. The van der Waals surface area contributed by atoms with E-state index in [4.69, 9.17) is 28.4 Å². The van der Waals surface area contributed by atoms with Crippen molar-refractivity contribution in [1.82, 2.24) is 5.32 Å². The van der Waals surface area contributed by atoms with Crippen LogP contribution in [0, 0.1) is 0 Å². The molecule has 9 heteroatoms. The van der Waals surface area contributed by atoms with Gasteiger partial charge in [-0.25, -0.2) is 9.59 Å². The normalized spacial score (nSPS) is 12.2. The molecule has 9 nitrogen and oxygen atoms in total. The summed E-state index contributed by atoms with van der Waals surface area (Å²) in [7, 11) is 1.64. The number of hydrogen-bond donors (Lipinski definition) is 1. The molecular formula is C28H35NO8. The van der Waals surface area contributed by atoms with Crippen LogP contribution in [-0.4, -0.2) is 72.0 Å². The zero-order valence-corrected chi connectivity index (χ0v) is 21.5. The van der Waals surface area contributed by atoms with Gasteiger partial charge in [0.2, 0.25) is 0 Å². The highest BCUT2D eigenvalue weighted by atomic mass is 16.6. The predicted molar refractivity (Wildman–Crippen MR) is 139 cm³/mol. The summed E-state index contributed by atoms with van der Waals surface area (Å²) >= 11 is 0. The van der Waals surface area contributed by atoms with Crippen LogP contribution in [0.2, 0.25) is 0 Å². The Morgan fingerprint density at radius 1 is 0.865 bits per heavy atom. The maximum Gasteiger partial charge on any atom is 0.412 e. The second kappa shape index (κ2) is 15.0. The van der Waals surface area contributed by atoms with E-state index in [0.29, 0.717) is 57.2 Å². The van der Waals surface area contributed by atoms with Crippen molar-refractivity contribution in [3.63, 3.8) is 0 Å². The standard InChI is InChI=1S/C28H35NO8/c1-20(2)27(30)36-19-17-34-16-15-33-13-12-29-28(31)37-26-23-10-6-4-8-21(23)25(35-18-14-32-3)22-9-5-7-11-24(22)26/h4-8,10H,1,9,11-19H2,2-3H3,(H,29,31). The Morgan fingerprint density at radius 3 is 2.16 bits per heavy atom. The minimum absolute atomic E-state index is 0.160. The van der Waals surface area contributed by atoms with E-state index in [2.05, 4.69) is 24.0 Å². The van der Waals surface area contributed by atoms with E-state index in [1.54, 1.807) is 14.0 Å². The molecule has 3 rings (SSSR count).